The Hall–Kier alpha value is -1.62. The van der Waals surface area contributed by atoms with Crippen molar-refractivity contribution in [3.8, 4) is 0 Å². The van der Waals surface area contributed by atoms with E-state index in [0.717, 1.165) is 24.8 Å². The lowest BCUT2D eigenvalue weighted by Crippen LogP contribution is -2.33. The van der Waals surface area contributed by atoms with Gasteiger partial charge in [0.1, 0.15) is 5.82 Å². The number of halogens is 1. The van der Waals surface area contributed by atoms with E-state index < -0.39 is 6.09 Å². The predicted octanol–water partition coefficient (Wildman–Crippen LogP) is 2.45. The van der Waals surface area contributed by atoms with E-state index in [-0.39, 0.29) is 5.82 Å². The van der Waals surface area contributed by atoms with E-state index in [4.69, 9.17) is 5.11 Å². The van der Waals surface area contributed by atoms with Crippen LogP contribution < -0.4 is 5.32 Å². The lowest BCUT2D eigenvalue weighted by Gasteiger charge is -2.17. The van der Waals surface area contributed by atoms with Gasteiger partial charge in [-0.2, -0.15) is 0 Å². The Morgan fingerprint density at radius 3 is 2.74 bits per heavy atom. The van der Waals surface area contributed by atoms with Gasteiger partial charge < -0.3 is 15.3 Å². The van der Waals surface area contributed by atoms with Gasteiger partial charge in [0.2, 0.25) is 0 Å². The fourth-order valence-corrected chi connectivity index (χ4v) is 2.36. The van der Waals surface area contributed by atoms with E-state index >= 15 is 0 Å². The third-order valence-electron chi connectivity index (χ3n) is 3.51. The van der Waals surface area contributed by atoms with Crippen LogP contribution in [0.3, 0.4) is 0 Å². The summed E-state index contributed by atoms with van der Waals surface area (Å²) in [6.07, 6.45) is 1.85. The molecule has 1 aliphatic rings. The third kappa shape index (κ3) is 4.21. The van der Waals surface area contributed by atoms with Crippen LogP contribution in [-0.2, 0) is 6.54 Å². The number of benzene rings is 1. The first-order chi connectivity index (χ1) is 9.15. The highest BCUT2D eigenvalue weighted by molar-refractivity contribution is 5.64. The molecule has 1 amide bonds. The molecule has 0 spiro atoms. The molecule has 2 N–H and O–H groups in total. The van der Waals surface area contributed by atoms with Crippen molar-refractivity contribution in [3.05, 3.63) is 35.6 Å². The van der Waals surface area contributed by atoms with Crippen LogP contribution in [0, 0.1) is 5.82 Å². The highest BCUT2D eigenvalue weighted by Gasteiger charge is 2.19. The largest absolute Gasteiger partial charge is 0.465 e. The highest BCUT2D eigenvalue weighted by Crippen LogP contribution is 2.12. The average Bonchev–Trinajstić information content (AvgIpc) is 2.63. The first kappa shape index (κ1) is 13.8. The van der Waals surface area contributed by atoms with Crippen LogP contribution in [0.4, 0.5) is 9.18 Å². The van der Waals surface area contributed by atoms with Gasteiger partial charge in [-0.25, -0.2) is 9.18 Å². The number of hydrogen-bond acceptors (Lipinski definition) is 2. The Morgan fingerprint density at radius 1 is 1.32 bits per heavy atom. The zero-order valence-corrected chi connectivity index (χ0v) is 10.8. The van der Waals surface area contributed by atoms with Gasteiger partial charge in [-0.15, -0.1) is 0 Å². The molecule has 4 nitrogen and oxygen atoms in total. The molecule has 5 heteroatoms. The molecule has 0 saturated carbocycles. The fraction of sp³-hybridized carbons (Fsp3) is 0.500. The molecule has 1 atom stereocenters. The summed E-state index contributed by atoms with van der Waals surface area (Å²) in [5.41, 5.74) is 1.04. The standard InChI is InChI=1S/C14H19FN2O2/c15-12-5-3-11(4-6-12)10-16-13-2-1-8-17(9-7-13)14(18)19/h3-6,13,16H,1-2,7-10H2,(H,18,19)/t13-/m1/s1. The Labute approximate surface area is 112 Å². The number of hydrogen-bond donors (Lipinski definition) is 2. The van der Waals surface area contributed by atoms with Gasteiger partial charge in [-0.3, -0.25) is 0 Å². The van der Waals surface area contributed by atoms with Crippen molar-refractivity contribution in [1.82, 2.24) is 10.2 Å². The molecule has 1 aliphatic heterocycles. The van der Waals surface area contributed by atoms with Crippen LogP contribution in [0.15, 0.2) is 24.3 Å². The van der Waals surface area contributed by atoms with E-state index in [0.29, 0.717) is 25.7 Å². The molecule has 1 fully saturated rings. The fourth-order valence-electron chi connectivity index (χ4n) is 2.36. The van der Waals surface area contributed by atoms with E-state index in [1.165, 1.54) is 17.0 Å². The van der Waals surface area contributed by atoms with Gasteiger partial charge in [0.25, 0.3) is 0 Å². The van der Waals surface area contributed by atoms with Crippen molar-refractivity contribution < 1.29 is 14.3 Å². The normalized spacial score (nSPS) is 20.1. The molecule has 0 bridgehead atoms. The van der Waals surface area contributed by atoms with E-state index in [1.807, 2.05) is 0 Å². The topological polar surface area (TPSA) is 52.6 Å². The summed E-state index contributed by atoms with van der Waals surface area (Å²) in [6, 6.07) is 6.77. The number of carbonyl (C=O) groups is 1. The Balaban J connectivity index is 1.80. The molecule has 1 saturated heterocycles. The van der Waals surface area contributed by atoms with Gasteiger partial charge in [0.15, 0.2) is 0 Å². The van der Waals surface area contributed by atoms with Gasteiger partial charge in [0.05, 0.1) is 0 Å². The molecule has 0 aliphatic carbocycles. The third-order valence-corrected chi connectivity index (χ3v) is 3.51. The molecule has 1 aromatic rings. The summed E-state index contributed by atoms with van der Waals surface area (Å²) in [5.74, 6) is -0.227. The van der Waals surface area contributed by atoms with E-state index in [2.05, 4.69) is 5.32 Å². The molecular formula is C14H19FN2O2. The smallest absolute Gasteiger partial charge is 0.407 e. The lowest BCUT2D eigenvalue weighted by atomic mass is 10.1. The van der Waals surface area contributed by atoms with Gasteiger partial charge in [-0.1, -0.05) is 12.1 Å². The van der Waals surface area contributed by atoms with Gasteiger partial charge in [0, 0.05) is 25.7 Å². The highest BCUT2D eigenvalue weighted by atomic mass is 19.1. The summed E-state index contributed by atoms with van der Waals surface area (Å²) in [7, 11) is 0. The van der Waals surface area contributed by atoms with Crippen LogP contribution in [0.25, 0.3) is 0 Å². The minimum atomic E-state index is -0.834. The number of rotatable bonds is 3. The number of nitrogens with zero attached hydrogens (tertiary/aromatic N) is 1. The zero-order valence-electron chi connectivity index (χ0n) is 10.8. The summed E-state index contributed by atoms with van der Waals surface area (Å²) in [6.45, 7) is 1.89. The molecule has 19 heavy (non-hydrogen) atoms. The molecule has 0 aromatic heterocycles. The Bertz CT molecular complexity index is 422. The lowest BCUT2D eigenvalue weighted by molar-refractivity contribution is 0.146. The molecule has 0 radical (unpaired) electrons. The van der Waals surface area contributed by atoms with Crippen molar-refractivity contribution >= 4 is 6.09 Å². The Morgan fingerprint density at radius 2 is 2.05 bits per heavy atom. The SMILES string of the molecule is O=C(O)N1CCC[C@@H](NCc2ccc(F)cc2)CC1. The minimum absolute atomic E-state index is 0.227. The monoisotopic (exact) mass is 266 g/mol. The quantitative estimate of drug-likeness (QED) is 0.883. The van der Waals surface area contributed by atoms with Crippen molar-refractivity contribution in [3.63, 3.8) is 0 Å². The number of nitrogens with one attached hydrogen (secondary N) is 1. The molecule has 0 unspecified atom stereocenters. The summed E-state index contributed by atoms with van der Waals surface area (Å²) in [4.78, 5) is 12.4. The maximum Gasteiger partial charge on any atom is 0.407 e. The molecule has 1 aromatic carbocycles. The number of likely N-dealkylation sites (tertiary alicyclic amines) is 1. The summed E-state index contributed by atoms with van der Waals surface area (Å²) >= 11 is 0. The molecule has 2 rings (SSSR count). The summed E-state index contributed by atoms with van der Waals surface area (Å²) in [5, 5.41) is 12.4. The second kappa shape index (κ2) is 6.52. The van der Waals surface area contributed by atoms with Crippen LogP contribution in [-0.4, -0.2) is 35.2 Å². The van der Waals surface area contributed by atoms with Crippen molar-refractivity contribution in [2.24, 2.45) is 0 Å². The summed E-state index contributed by atoms with van der Waals surface area (Å²) < 4.78 is 12.8. The molecule has 1 heterocycles. The minimum Gasteiger partial charge on any atom is -0.465 e. The second-order valence-electron chi connectivity index (χ2n) is 4.90. The van der Waals surface area contributed by atoms with Crippen LogP contribution in [0.2, 0.25) is 0 Å². The van der Waals surface area contributed by atoms with Crippen LogP contribution in [0.1, 0.15) is 24.8 Å². The van der Waals surface area contributed by atoms with Crippen molar-refractivity contribution in [2.45, 2.75) is 31.8 Å². The van der Waals surface area contributed by atoms with Crippen molar-refractivity contribution in [2.75, 3.05) is 13.1 Å². The second-order valence-corrected chi connectivity index (χ2v) is 4.90. The zero-order chi connectivity index (χ0) is 13.7. The van der Waals surface area contributed by atoms with Crippen molar-refractivity contribution in [1.29, 1.82) is 0 Å². The average molecular weight is 266 g/mol. The maximum absolute atomic E-state index is 12.8. The predicted molar refractivity (Wildman–Crippen MR) is 70.5 cm³/mol. The molecule has 104 valence electrons. The Kier molecular flexibility index (Phi) is 4.74. The molecular weight excluding hydrogens is 247 g/mol. The van der Waals surface area contributed by atoms with Gasteiger partial charge >= 0.3 is 6.09 Å². The van der Waals surface area contributed by atoms with Crippen LogP contribution >= 0.6 is 0 Å². The first-order valence-corrected chi connectivity index (χ1v) is 6.61. The number of carboxylic acid groups (broad SMARTS) is 1. The first-order valence-electron chi connectivity index (χ1n) is 6.61. The van der Waals surface area contributed by atoms with E-state index in [1.54, 1.807) is 12.1 Å². The number of amides is 1. The van der Waals surface area contributed by atoms with Gasteiger partial charge in [-0.05, 0) is 37.0 Å². The van der Waals surface area contributed by atoms with E-state index in [9.17, 15) is 9.18 Å². The maximum atomic E-state index is 12.8. The van der Waals surface area contributed by atoms with Crippen LogP contribution in [0.5, 0.6) is 0 Å².